The first-order valence-corrected chi connectivity index (χ1v) is 10.6. The predicted octanol–water partition coefficient (Wildman–Crippen LogP) is 4.29. The fourth-order valence-electron chi connectivity index (χ4n) is 2.43. The highest BCUT2D eigenvalue weighted by atomic mass is 79.9. The Morgan fingerprint density at radius 3 is 2.32 bits per heavy atom. The highest BCUT2D eigenvalue weighted by molar-refractivity contribution is 9.10. The van der Waals surface area contributed by atoms with Gasteiger partial charge in [-0.3, -0.25) is 9.10 Å². The summed E-state index contributed by atoms with van der Waals surface area (Å²) in [5, 5.41) is 3.27. The molecule has 1 N–H and O–H groups in total. The Balaban J connectivity index is 2.38. The summed E-state index contributed by atoms with van der Waals surface area (Å²) in [5.74, 6) is -0.408. The lowest BCUT2D eigenvalue weighted by atomic mass is 10.2. The van der Waals surface area contributed by atoms with Gasteiger partial charge in [0.1, 0.15) is 6.04 Å². The van der Waals surface area contributed by atoms with E-state index < -0.39 is 22.0 Å². The van der Waals surface area contributed by atoms with E-state index in [4.69, 9.17) is 11.6 Å². The molecule has 1 amide bonds. The van der Waals surface area contributed by atoms with E-state index in [1.807, 2.05) is 6.07 Å². The molecule has 25 heavy (non-hydrogen) atoms. The predicted molar refractivity (Wildman–Crippen MR) is 106 cm³/mol. The van der Waals surface area contributed by atoms with Crippen LogP contribution in [0.4, 0.5) is 11.4 Å². The smallest absolute Gasteiger partial charge is 0.248 e. The molecule has 2 aromatic carbocycles. The van der Waals surface area contributed by atoms with Crippen molar-refractivity contribution < 1.29 is 13.2 Å². The molecule has 134 valence electrons. The molecular weight excluding hydrogens is 428 g/mol. The molecular formula is C17H18BrClN2O3S. The number of sulfonamides is 1. The first-order chi connectivity index (χ1) is 11.7. The van der Waals surface area contributed by atoms with Gasteiger partial charge in [-0.1, -0.05) is 30.7 Å². The molecule has 2 aromatic rings. The fourth-order valence-corrected chi connectivity index (χ4v) is 4.15. The number of carbonyl (C=O) groups excluding carboxylic acids is 1. The van der Waals surface area contributed by atoms with Crippen molar-refractivity contribution in [3.8, 4) is 0 Å². The quantitative estimate of drug-likeness (QED) is 0.721. The van der Waals surface area contributed by atoms with Crippen LogP contribution in [0.3, 0.4) is 0 Å². The number of hydrogen-bond donors (Lipinski definition) is 1. The van der Waals surface area contributed by atoms with E-state index in [9.17, 15) is 13.2 Å². The Morgan fingerprint density at radius 2 is 1.80 bits per heavy atom. The third-order valence-electron chi connectivity index (χ3n) is 3.54. The monoisotopic (exact) mass is 444 g/mol. The van der Waals surface area contributed by atoms with Gasteiger partial charge in [0.25, 0.3) is 0 Å². The highest BCUT2D eigenvalue weighted by Gasteiger charge is 2.31. The molecule has 2 rings (SSSR count). The zero-order valence-corrected chi connectivity index (χ0v) is 16.9. The van der Waals surface area contributed by atoms with Gasteiger partial charge in [-0.15, -0.1) is 0 Å². The second-order valence-corrected chi connectivity index (χ2v) is 8.58. The van der Waals surface area contributed by atoms with Gasteiger partial charge in [-0.2, -0.15) is 0 Å². The third kappa shape index (κ3) is 4.96. The Bertz CT molecular complexity index is 856. The highest BCUT2D eigenvalue weighted by Crippen LogP contribution is 2.26. The van der Waals surface area contributed by atoms with Gasteiger partial charge in [0.15, 0.2) is 0 Å². The molecule has 1 unspecified atom stereocenters. The molecule has 0 bridgehead atoms. The van der Waals surface area contributed by atoms with E-state index in [0.29, 0.717) is 22.8 Å². The number of carbonyl (C=O) groups is 1. The van der Waals surface area contributed by atoms with Crippen molar-refractivity contribution in [2.45, 2.75) is 19.4 Å². The minimum Gasteiger partial charge on any atom is -0.323 e. The number of nitrogens with zero attached hydrogens (tertiary/aromatic N) is 1. The summed E-state index contributed by atoms with van der Waals surface area (Å²) >= 11 is 9.24. The minimum absolute atomic E-state index is 0.311. The maximum Gasteiger partial charge on any atom is 0.248 e. The summed E-state index contributed by atoms with van der Waals surface area (Å²) in [7, 11) is -3.67. The molecule has 1 atom stereocenters. The normalized spacial score (nSPS) is 12.5. The first-order valence-electron chi connectivity index (χ1n) is 7.54. The summed E-state index contributed by atoms with van der Waals surface area (Å²) in [6, 6.07) is 12.6. The number of para-hydroxylation sites is 1. The van der Waals surface area contributed by atoms with E-state index in [1.54, 1.807) is 49.4 Å². The molecule has 0 aromatic heterocycles. The van der Waals surface area contributed by atoms with Crippen molar-refractivity contribution in [2.24, 2.45) is 0 Å². The molecule has 0 fully saturated rings. The van der Waals surface area contributed by atoms with Gasteiger partial charge in [0.05, 0.1) is 17.6 Å². The molecule has 0 saturated heterocycles. The Hall–Kier alpha value is -1.57. The van der Waals surface area contributed by atoms with Crippen molar-refractivity contribution in [1.29, 1.82) is 0 Å². The second kappa shape index (κ2) is 8.21. The summed E-state index contributed by atoms with van der Waals surface area (Å²) < 4.78 is 26.5. The largest absolute Gasteiger partial charge is 0.323 e. The number of benzene rings is 2. The lowest BCUT2D eigenvalue weighted by Crippen LogP contribution is -2.47. The Kier molecular flexibility index (Phi) is 6.48. The van der Waals surface area contributed by atoms with Crippen LogP contribution in [0.2, 0.25) is 5.02 Å². The van der Waals surface area contributed by atoms with E-state index in [2.05, 4.69) is 21.2 Å². The SMILES string of the molecule is CCC(C(=O)Nc1ccccc1Br)N(c1ccc(Cl)cc1)S(C)(=O)=O. The summed E-state index contributed by atoms with van der Waals surface area (Å²) in [5.41, 5.74) is 0.969. The number of hydrogen-bond acceptors (Lipinski definition) is 3. The number of nitrogens with one attached hydrogen (secondary N) is 1. The molecule has 0 spiro atoms. The van der Waals surface area contributed by atoms with E-state index in [1.165, 1.54) is 0 Å². The lowest BCUT2D eigenvalue weighted by molar-refractivity contribution is -0.117. The molecule has 0 aliphatic carbocycles. The molecule has 8 heteroatoms. The van der Waals surface area contributed by atoms with Crippen molar-refractivity contribution in [3.63, 3.8) is 0 Å². The van der Waals surface area contributed by atoms with Crippen molar-refractivity contribution in [3.05, 3.63) is 58.0 Å². The van der Waals surface area contributed by atoms with E-state index in [0.717, 1.165) is 15.0 Å². The first kappa shape index (κ1) is 19.8. The fraction of sp³-hybridized carbons (Fsp3) is 0.235. The Morgan fingerprint density at radius 1 is 1.20 bits per heavy atom. The van der Waals surface area contributed by atoms with Crippen LogP contribution in [-0.2, 0) is 14.8 Å². The second-order valence-electron chi connectivity index (χ2n) is 5.43. The zero-order valence-electron chi connectivity index (χ0n) is 13.7. The van der Waals surface area contributed by atoms with Crippen LogP contribution >= 0.6 is 27.5 Å². The zero-order chi connectivity index (χ0) is 18.6. The molecule has 0 heterocycles. The van der Waals surface area contributed by atoms with Crippen LogP contribution in [0.1, 0.15) is 13.3 Å². The molecule has 5 nitrogen and oxygen atoms in total. The van der Waals surface area contributed by atoms with Gasteiger partial charge in [0, 0.05) is 9.50 Å². The van der Waals surface area contributed by atoms with Crippen LogP contribution < -0.4 is 9.62 Å². The van der Waals surface area contributed by atoms with Gasteiger partial charge in [-0.25, -0.2) is 8.42 Å². The van der Waals surface area contributed by atoms with E-state index >= 15 is 0 Å². The van der Waals surface area contributed by atoms with E-state index in [-0.39, 0.29) is 0 Å². The molecule has 0 radical (unpaired) electrons. The number of rotatable bonds is 6. The summed E-state index contributed by atoms with van der Waals surface area (Å²) in [4.78, 5) is 12.8. The van der Waals surface area contributed by atoms with Gasteiger partial charge in [-0.05, 0) is 58.7 Å². The van der Waals surface area contributed by atoms with Gasteiger partial charge in [0.2, 0.25) is 15.9 Å². The Labute approximate surface area is 161 Å². The average molecular weight is 446 g/mol. The van der Waals surface area contributed by atoms with Gasteiger partial charge >= 0.3 is 0 Å². The van der Waals surface area contributed by atoms with Crippen LogP contribution in [0.25, 0.3) is 0 Å². The standard InChI is InChI=1S/C17H18BrClN2O3S/c1-3-16(17(22)20-15-7-5-4-6-14(15)18)21(25(2,23)24)13-10-8-12(19)9-11-13/h4-11,16H,3H2,1-2H3,(H,20,22). The van der Waals surface area contributed by atoms with Crippen LogP contribution in [0, 0.1) is 0 Å². The van der Waals surface area contributed by atoms with Gasteiger partial charge < -0.3 is 5.32 Å². The number of amides is 1. The lowest BCUT2D eigenvalue weighted by Gasteiger charge is -2.30. The average Bonchev–Trinajstić information content (AvgIpc) is 2.54. The van der Waals surface area contributed by atoms with Crippen molar-refractivity contribution in [2.75, 3.05) is 15.9 Å². The van der Waals surface area contributed by atoms with Crippen LogP contribution in [-0.4, -0.2) is 26.6 Å². The number of anilines is 2. The summed E-state index contributed by atoms with van der Waals surface area (Å²) in [6.07, 6.45) is 1.39. The maximum absolute atomic E-state index is 12.8. The molecule has 0 saturated carbocycles. The third-order valence-corrected chi connectivity index (χ3v) is 5.67. The molecule has 0 aliphatic rings. The van der Waals surface area contributed by atoms with Crippen molar-refractivity contribution in [1.82, 2.24) is 0 Å². The van der Waals surface area contributed by atoms with Crippen LogP contribution in [0.5, 0.6) is 0 Å². The molecule has 0 aliphatic heterocycles. The van der Waals surface area contributed by atoms with Crippen molar-refractivity contribution >= 4 is 54.8 Å². The van der Waals surface area contributed by atoms with Crippen LogP contribution in [0.15, 0.2) is 53.0 Å². The number of halogens is 2. The minimum atomic E-state index is -3.67. The topological polar surface area (TPSA) is 66.5 Å². The summed E-state index contributed by atoms with van der Waals surface area (Å²) in [6.45, 7) is 1.76. The maximum atomic E-state index is 12.8.